The molecule has 0 radical (unpaired) electrons. The van der Waals surface area contributed by atoms with Gasteiger partial charge in [0.2, 0.25) is 5.88 Å². The van der Waals surface area contributed by atoms with Gasteiger partial charge in [0.05, 0.1) is 17.4 Å². The summed E-state index contributed by atoms with van der Waals surface area (Å²) in [7, 11) is 0. The Hall–Kier alpha value is -4.12. The number of H-pyrrole nitrogens is 1. The summed E-state index contributed by atoms with van der Waals surface area (Å²) in [6.07, 6.45) is 1.93. The molecule has 2 aromatic heterocycles. The topological polar surface area (TPSA) is 126 Å². The van der Waals surface area contributed by atoms with Crippen LogP contribution in [0.4, 0.5) is 8.78 Å². The van der Waals surface area contributed by atoms with E-state index in [-0.39, 0.29) is 11.8 Å². The van der Waals surface area contributed by atoms with Crippen molar-refractivity contribution < 1.29 is 33.0 Å². The molecule has 192 valence electrons. The molecule has 0 spiro atoms. The molecule has 9 nitrogen and oxygen atoms in total. The van der Waals surface area contributed by atoms with Gasteiger partial charge in [-0.1, -0.05) is 6.07 Å². The second-order valence-corrected chi connectivity index (χ2v) is 8.92. The number of rotatable bonds is 7. The van der Waals surface area contributed by atoms with Crippen molar-refractivity contribution in [3.8, 4) is 17.0 Å². The summed E-state index contributed by atoms with van der Waals surface area (Å²) >= 11 is 0. The molecule has 1 aliphatic rings. The van der Waals surface area contributed by atoms with Gasteiger partial charge in [-0.2, -0.15) is 5.10 Å². The number of aromatic amines is 1. The van der Waals surface area contributed by atoms with Crippen molar-refractivity contribution in [1.29, 1.82) is 0 Å². The maximum atomic E-state index is 14.4. The van der Waals surface area contributed by atoms with Gasteiger partial charge in [-0.15, -0.1) is 0 Å². The largest absolute Gasteiger partial charge is 0.480 e. The van der Waals surface area contributed by atoms with E-state index in [1.54, 1.807) is 12.3 Å². The van der Waals surface area contributed by atoms with Crippen LogP contribution in [-0.4, -0.2) is 58.0 Å². The van der Waals surface area contributed by atoms with Gasteiger partial charge in [-0.05, 0) is 55.0 Å². The Balaban J connectivity index is 1.72. The maximum absolute atomic E-state index is 14.4. The predicted octanol–water partition coefficient (Wildman–Crippen LogP) is 3.92. The minimum absolute atomic E-state index is 0.0557. The smallest absolute Gasteiger partial charge is 0.322 e. The Morgan fingerprint density at radius 3 is 2.70 bits per heavy atom. The average molecular weight is 510 g/mol. The fourth-order valence-corrected chi connectivity index (χ4v) is 4.58. The molecule has 1 atom stereocenters. The van der Waals surface area contributed by atoms with E-state index in [9.17, 15) is 18.4 Å². The van der Waals surface area contributed by atoms with Crippen molar-refractivity contribution in [2.24, 2.45) is 0 Å². The number of nitrogens with zero attached hydrogens (tertiary/aromatic N) is 2. The van der Waals surface area contributed by atoms with E-state index in [0.717, 1.165) is 17.5 Å². The number of carbonyl (C=O) groups is 2. The molecule has 4 aromatic rings. The fourth-order valence-electron chi connectivity index (χ4n) is 4.58. The number of ether oxygens (including phenoxy) is 2. The molecule has 1 fully saturated rings. The lowest BCUT2D eigenvalue weighted by atomic mass is 9.87. The average Bonchev–Trinajstić information content (AvgIpc) is 3.35. The zero-order valence-corrected chi connectivity index (χ0v) is 19.9. The number of hydrogen-bond donors (Lipinski definition) is 3. The second-order valence-electron chi connectivity index (χ2n) is 8.92. The lowest BCUT2D eigenvalue weighted by Crippen LogP contribution is -2.39. The molecule has 0 aliphatic carbocycles. The van der Waals surface area contributed by atoms with Gasteiger partial charge in [-0.3, -0.25) is 14.7 Å². The molecule has 1 saturated heterocycles. The first kappa shape index (κ1) is 24.6. The van der Waals surface area contributed by atoms with Crippen LogP contribution in [0, 0.1) is 11.6 Å². The van der Waals surface area contributed by atoms with Crippen molar-refractivity contribution in [1.82, 2.24) is 20.5 Å². The molecule has 3 N–H and O–H groups in total. The molecular formula is C26H24F2N4O5. The molecule has 5 rings (SSSR count). The van der Waals surface area contributed by atoms with E-state index < -0.39 is 36.2 Å². The summed E-state index contributed by atoms with van der Waals surface area (Å²) in [4.78, 5) is 28.2. The van der Waals surface area contributed by atoms with Crippen LogP contribution in [0.25, 0.3) is 32.8 Å². The summed E-state index contributed by atoms with van der Waals surface area (Å²) in [5, 5.41) is 20.2. The van der Waals surface area contributed by atoms with E-state index in [1.807, 2.05) is 6.07 Å². The number of fused-ring (bicyclic) bond motifs is 2. The number of aliphatic carboxylic acids is 1. The monoisotopic (exact) mass is 510 g/mol. The van der Waals surface area contributed by atoms with E-state index in [1.165, 1.54) is 13.0 Å². The molecule has 37 heavy (non-hydrogen) atoms. The predicted molar refractivity (Wildman–Crippen MR) is 130 cm³/mol. The number of carbonyl (C=O) groups excluding carboxylic acids is 1. The third kappa shape index (κ3) is 4.94. The standard InChI is InChI=1S/C26H24F2N4O5/c1-13(25(35)29-12-22(33)34)37-26-18-10-21-16(11-30-32-21)8-17(18)23(15-2-3-19(27)20(28)9-15)24(31-26)14-4-6-36-7-5-14/h2-3,8-11,13-14H,4-7,12H2,1H3,(H,29,35)(H,30,32)(H,33,34)/t13-/m1/s1. The van der Waals surface area contributed by atoms with Crippen molar-refractivity contribution >= 4 is 33.6 Å². The summed E-state index contributed by atoms with van der Waals surface area (Å²) in [6, 6.07) is 7.40. The highest BCUT2D eigenvalue weighted by Crippen LogP contribution is 2.43. The van der Waals surface area contributed by atoms with Crippen LogP contribution in [0.1, 0.15) is 31.4 Å². The van der Waals surface area contributed by atoms with E-state index >= 15 is 0 Å². The van der Waals surface area contributed by atoms with E-state index in [0.29, 0.717) is 59.2 Å². The second kappa shape index (κ2) is 10.1. The highest BCUT2D eigenvalue weighted by molar-refractivity contribution is 6.06. The van der Waals surface area contributed by atoms with Gasteiger partial charge in [0.15, 0.2) is 17.7 Å². The number of halogens is 2. The number of amides is 1. The molecule has 1 amide bonds. The lowest BCUT2D eigenvalue weighted by Gasteiger charge is -2.26. The molecule has 0 bridgehead atoms. The first-order chi connectivity index (χ1) is 17.8. The zero-order chi connectivity index (χ0) is 26.1. The molecule has 0 unspecified atom stereocenters. The molecule has 11 heteroatoms. The van der Waals surface area contributed by atoms with Gasteiger partial charge in [0.1, 0.15) is 6.54 Å². The lowest BCUT2D eigenvalue weighted by molar-refractivity contribution is -0.139. The normalized spacial score (nSPS) is 15.1. The van der Waals surface area contributed by atoms with Crippen molar-refractivity contribution in [2.45, 2.75) is 31.8 Å². The van der Waals surface area contributed by atoms with Crippen LogP contribution in [0.3, 0.4) is 0 Å². The fraction of sp³-hybridized carbons (Fsp3) is 0.308. The number of carboxylic acid groups (broad SMARTS) is 1. The maximum Gasteiger partial charge on any atom is 0.322 e. The van der Waals surface area contributed by atoms with Crippen molar-refractivity contribution in [3.63, 3.8) is 0 Å². The zero-order valence-electron chi connectivity index (χ0n) is 19.9. The van der Waals surface area contributed by atoms with Crippen molar-refractivity contribution in [2.75, 3.05) is 19.8 Å². The Labute approximate surface area is 209 Å². The number of nitrogens with one attached hydrogen (secondary N) is 2. The highest BCUT2D eigenvalue weighted by atomic mass is 19.2. The number of carboxylic acids is 1. The Bertz CT molecular complexity index is 1500. The van der Waals surface area contributed by atoms with Gasteiger partial charge in [0, 0.05) is 35.5 Å². The number of benzene rings is 2. The van der Waals surface area contributed by atoms with Gasteiger partial charge in [0.25, 0.3) is 5.91 Å². The highest BCUT2D eigenvalue weighted by Gasteiger charge is 2.27. The summed E-state index contributed by atoms with van der Waals surface area (Å²) in [5.41, 5.74) is 2.41. The van der Waals surface area contributed by atoms with Crippen LogP contribution in [0.2, 0.25) is 0 Å². The molecule has 0 saturated carbocycles. The number of aromatic nitrogens is 3. The van der Waals surface area contributed by atoms with Crippen LogP contribution in [0.15, 0.2) is 36.5 Å². The Morgan fingerprint density at radius 1 is 1.19 bits per heavy atom. The molecule has 2 aromatic carbocycles. The Morgan fingerprint density at radius 2 is 1.97 bits per heavy atom. The van der Waals surface area contributed by atoms with Gasteiger partial charge < -0.3 is 19.9 Å². The summed E-state index contributed by atoms with van der Waals surface area (Å²) in [5.74, 6) is -3.61. The van der Waals surface area contributed by atoms with Crippen LogP contribution >= 0.6 is 0 Å². The number of pyridine rings is 1. The van der Waals surface area contributed by atoms with Gasteiger partial charge in [-0.25, -0.2) is 13.8 Å². The summed E-state index contributed by atoms with van der Waals surface area (Å²) < 4.78 is 39.7. The molecule has 1 aliphatic heterocycles. The van der Waals surface area contributed by atoms with E-state index in [4.69, 9.17) is 19.6 Å². The van der Waals surface area contributed by atoms with Crippen molar-refractivity contribution in [3.05, 3.63) is 53.9 Å². The van der Waals surface area contributed by atoms with Crippen LogP contribution in [-0.2, 0) is 14.3 Å². The molecule has 3 heterocycles. The van der Waals surface area contributed by atoms with Gasteiger partial charge >= 0.3 is 5.97 Å². The quantitative estimate of drug-likeness (QED) is 0.344. The third-order valence-electron chi connectivity index (χ3n) is 6.44. The van der Waals surface area contributed by atoms with Crippen LogP contribution < -0.4 is 10.1 Å². The van der Waals surface area contributed by atoms with Crippen LogP contribution in [0.5, 0.6) is 5.88 Å². The number of hydrogen-bond acceptors (Lipinski definition) is 6. The minimum atomic E-state index is -1.18. The first-order valence-electron chi connectivity index (χ1n) is 11.8. The molecular weight excluding hydrogens is 486 g/mol. The minimum Gasteiger partial charge on any atom is -0.480 e. The summed E-state index contributed by atoms with van der Waals surface area (Å²) in [6.45, 7) is 1.99. The first-order valence-corrected chi connectivity index (χ1v) is 11.8. The third-order valence-corrected chi connectivity index (χ3v) is 6.44. The van der Waals surface area contributed by atoms with E-state index in [2.05, 4.69) is 15.5 Å². The Kier molecular flexibility index (Phi) is 6.70. The SMILES string of the molecule is C[C@@H](Oc1nc(C2CCOCC2)c(-c2ccc(F)c(F)c2)c2cc3cn[nH]c3cc12)C(=O)NCC(=O)O.